The van der Waals surface area contributed by atoms with Crippen LogP contribution in [0.1, 0.15) is 29.9 Å². The van der Waals surface area contributed by atoms with Crippen molar-refractivity contribution in [3.05, 3.63) is 59.7 Å². The second-order valence-corrected chi connectivity index (χ2v) is 7.24. The number of amides is 1. The van der Waals surface area contributed by atoms with Crippen molar-refractivity contribution >= 4 is 12.1 Å². The molecule has 1 unspecified atom stereocenters. The van der Waals surface area contributed by atoms with Gasteiger partial charge in [-0.3, -0.25) is 9.69 Å². The zero-order chi connectivity index (χ0) is 19.9. The zero-order valence-electron chi connectivity index (χ0n) is 15.0. The summed E-state index contributed by atoms with van der Waals surface area (Å²) in [5.41, 5.74) is 4.17. The number of carboxylic acids is 1. The smallest absolute Gasteiger partial charge is 0.410 e. The van der Waals surface area contributed by atoms with Crippen molar-refractivity contribution < 1.29 is 28.2 Å². The van der Waals surface area contributed by atoms with Gasteiger partial charge in [0.2, 0.25) is 0 Å². The quantitative estimate of drug-likeness (QED) is 0.857. The molecule has 0 spiro atoms. The Labute approximate surface area is 160 Å². The molecule has 1 aliphatic carbocycles. The summed E-state index contributed by atoms with van der Waals surface area (Å²) in [5.74, 6) is -4.51. The first-order valence-electron chi connectivity index (χ1n) is 9.07. The minimum absolute atomic E-state index is 0.00865. The van der Waals surface area contributed by atoms with Crippen molar-refractivity contribution in [3.8, 4) is 11.1 Å². The lowest BCUT2D eigenvalue weighted by Crippen LogP contribution is -2.38. The number of alkyl halides is 2. The topological polar surface area (TPSA) is 66.8 Å². The number of halogens is 2. The third kappa shape index (κ3) is 3.32. The normalized spacial score (nSPS) is 19.9. The van der Waals surface area contributed by atoms with E-state index in [9.17, 15) is 18.4 Å². The first-order chi connectivity index (χ1) is 13.4. The first-order valence-corrected chi connectivity index (χ1v) is 9.07. The van der Waals surface area contributed by atoms with Crippen LogP contribution in [0.25, 0.3) is 11.1 Å². The molecule has 0 saturated carbocycles. The van der Waals surface area contributed by atoms with Gasteiger partial charge in [-0.2, -0.15) is 0 Å². The van der Waals surface area contributed by atoms with Gasteiger partial charge in [0.1, 0.15) is 6.61 Å². The third-order valence-corrected chi connectivity index (χ3v) is 5.36. The summed E-state index contributed by atoms with van der Waals surface area (Å²) in [7, 11) is 0. The Balaban J connectivity index is 1.51. The van der Waals surface area contributed by atoms with E-state index in [1.165, 1.54) is 0 Å². The molecule has 28 heavy (non-hydrogen) atoms. The molecule has 2 aromatic carbocycles. The van der Waals surface area contributed by atoms with Crippen molar-refractivity contribution in [1.82, 2.24) is 4.90 Å². The number of ether oxygens (including phenoxy) is 1. The highest BCUT2D eigenvalue weighted by molar-refractivity contribution is 5.79. The molecule has 1 heterocycles. The summed E-state index contributed by atoms with van der Waals surface area (Å²) in [6, 6.07) is 14.5. The van der Waals surface area contributed by atoms with E-state index in [4.69, 9.17) is 9.84 Å². The fraction of sp³-hybridized carbons (Fsp3) is 0.333. The second-order valence-electron chi connectivity index (χ2n) is 7.24. The van der Waals surface area contributed by atoms with Crippen LogP contribution >= 0.6 is 0 Å². The van der Waals surface area contributed by atoms with Crippen LogP contribution < -0.4 is 0 Å². The van der Waals surface area contributed by atoms with Gasteiger partial charge in [0, 0.05) is 12.3 Å². The lowest BCUT2D eigenvalue weighted by molar-refractivity contribution is -0.138. The standard InChI is InChI=1S/C21H19F2NO4/c22-21(23)10-13(9-19(25)26)24(12-21)20(27)28-11-18-16-7-3-1-5-14(16)15-6-2-4-8-17(15)18/h1-8,13,18H,9-12H2,(H,25,26). The highest BCUT2D eigenvalue weighted by Gasteiger charge is 2.48. The van der Waals surface area contributed by atoms with Crippen LogP contribution in [0, 0.1) is 0 Å². The number of benzene rings is 2. The van der Waals surface area contributed by atoms with Crippen LogP contribution in [0.5, 0.6) is 0 Å². The van der Waals surface area contributed by atoms with Gasteiger partial charge >= 0.3 is 12.1 Å². The van der Waals surface area contributed by atoms with Crippen molar-refractivity contribution in [2.45, 2.75) is 30.7 Å². The number of carbonyl (C=O) groups is 2. The molecule has 5 nitrogen and oxygen atoms in total. The molecule has 1 fully saturated rings. The van der Waals surface area contributed by atoms with Crippen LogP contribution in [0.3, 0.4) is 0 Å². The predicted molar refractivity (Wildman–Crippen MR) is 97.4 cm³/mol. The fourth-order valence-electron chi connectivity index (χ4n) is 4.17. The molecule has 0 radical (unpaired) electrons. The number of fused-ring (bicyclic) bond motifs is 3. The molecular weight excluding hydrogens is 368 g/mol. The zero-order valence-corrected chi connectivity index (χ0v) is 15.0. The predicted octanol–water partition coefficient (Wildman–Crippen LogP) is 4.12. The number of hydrogen-bond acceptors (Lipinski definition) is 3. The second kappa shape index (κ2) is 6.89. The minimum atomic E-state index is -3.11. The largest absolute Gasteiger partial charge is 0.481 e. The molecule has 7 heteroatoms. The monoisotopic (exact) mass is 387 g/mol. The average molecular weight is 387 g/mol. The first kappa shape index (κ1) is 18.4. The lowest BCUT2D eigenvalue weighted by atomic mass is 9.98. The number of aliphatic carboxylic acids is 1. The number of carboxylic acid groups (broad SMARTS) is 1. The summed E-state index contributed by atoms with van der Waals surface area (Å²) in [6.45, 7) is -0.809. The molecule has 146 valence electrons. The molecule has 0 aromatic heterocycles. The number of carbonyl (C=O) groups excluding carboxylic acids is 1. The van der Waals surface area contributed by atoms with Crippen LogP contribution in [0.2, 0.25) is 0 Å². The number of hydrogen-bond donors (Lipinski definition) is 1. The van der Waals surface area contributed by atoms with Crippen molar-refractivity contribution in [2.75, 3.05) is 13.2 Å². The van der Waals surface area contributed by atoms with Crippen molar-refractivity contribution in [3.63, 3.8) is 0 Å². The Morgan fingerprint density at radius 2 is 1.64 bits per heavy atom. The fourth-order valence-corrected chi connectivity index (χ4v) is 4.17. The van der Waals surface area contributed by atoms with Gasteiger partial charge in [-0.25, -0.2) is 13.6 Å². The van der Waals surface area contributed by atoms with E-state index < -0.39 is 43.4 Å². The van der Waals surface area contributed by atoms with Gasteiger partial charge in [-0.15, -0.1) is 0 Å². The maximum atomic E-state index is 13.7. The summed E-state index contributed by atoms with van der Waals surface area (Å²) < 4.78 is 32.9. The van der Waals surface area contributed by atoms with E-state index in [2.05, 4.69) is 0 Å². The van der Waals surface area contributed by atoms with Crippen molar-refractivity contribution in [2.24, 2.45) is 0 Å². The van der Waals surface area contributed by atoms with Crippen LogP contribution in [-0.2, 0) is 9.53 Å². The van der Waals surface area contributed by atoms with E-state index in [-0.39, 0.29) is 12.5 Å². The number of nitrogens with zero attached hydrogens (tertiary/aromatic N) is 1. The molecule has 1 amide bonds. The van der Waals surface area contributed by atoms with E-state index in [1.54, 1.807) is 0 Å². The third-order valence-electron chi connectivity index (χ3n) is 5.36. The Kier molecular flexibility index (Phi) is 4.53. The summed E-state index contributed by atoms with van der Waals surface area (Å²) in [5, 5.41) is 8.94. The maximum Gasteiger partial charge on any atom is 0.410 e. The Morgan fingerprint density at radius 3 is 2.21 bits per heavy atom. The Bertz CT molecular complexity index is 885. The van der Waals surface area contributed by atoms with Gasteiger partial charge in [-0.1, -0.05) is 48.5 Å². The van der Waals surface area contributed by atoms with Gasteiger partial charge in [0.25, 0.3) is 5.92 Å². The van der Waals surface area contributed by atoms with E-state index >= 15 is 0 Å². The summed E-state index contributed by atoms with van der Waals surface area (Å²) in [4.78, 5) is 24.3. The van der Waals surface area contributed by atoms with E-state index in [1.807, 2.05) is 48.5 Å². The molecule has 0 bridgehead atoms. The van der Waals surface area contributed by atoms with Crippen LogP contribution in [0.15, 0.2) is 48.5 Å². The molecular formula is C21H19F2NO4. The minimum Gasteiger partial charge on any atom is -0.481 e. The molecule has 1 atom stereocenters. The van der Waals surface area contributed by atoms with Gasteiger partial charge in [0.05, 0.1) is 19.0 Å². The van der Waals surface area contributed by atoms with Gasteiger partial charge < -0.3 is 9.84 Å². The van der Waals surface area contributed by atoms with Crippen molar-refractivity contribution in [1.29, 1.82) is 0 Å². The van der Waals surface area contributed by atoms with E-state index in [0.717, 1.165) is 27.2 Å². The average Bonchev–Trinajstić information content (AvgIpc) is 3.13. The molecule has 2 aliphatic rings. The highest BCUT2D eigenvalue weighted by atomic mass is 19.3. The highest BCUT2D eigenvalue weighted by Crippen LogP contribution is 2.44. The molecule has 1 N–H and O–H groups in total. The maximum absolute atomic E-state index is 13.7. The molecule has 1 saturated heterocycles. The molecule has 1 aliphatic heterocycles. The lowest BCUT2D eigenvalue weighted by Gasteiger charge is -2.23. The SMILES string of the molecule is O=C(O)CC1CC(F)(F)CN1C(=O)OCC1c2ccccc2-c2ccccc21. The van der Waals surface area contributed by atoms with Gasteiger partial charge in [-0.05, 0) is 22.3 Å². The van der Waals surface area contributed by atoms with Gasteiger partial charge in [0.15, 0.2) is 0 Å². The number of rotatable bonds is 4. The van der Waals surface area contributed by atoms with Crippen LogP contribution in [0.4, 0.5) is 13.6 Å². The Morgan fingerprint density at radius 1 is 1.07 bits per heavy atom. The van der Waals surface area contributed by atoms with Crippen LogP contribution in [-0.4, -0.2) is 47.2 Å². The summed E-state index contributed by atoms with van der Waals surface area (Å²) >= 11 is 0. The number of likely N-dealkylation sites (tertiary alicyclic amines) is 1. The Hall–Kier alpha value is -2.96. The van der Waals surface area contributed by atoms with E-state index in [0.29, 0.717) is 0 Å². The summed E-state index contributed by atoms with van der Waals surface area (Å²) in [6.07, 6.45) is -2.09. The molecule has 4 rings (SSSR count). The molecule has 2 aromatic rings.